The van der Waals surface area contributed by atoms with Crippen molar-refractivity contribution in [3.63, 3.8) is 0 Å². The van der Waals surface area contributed by atoms with Crippen LogP contribution < -0.4 is 5.32 Å². The molecule has 1 aliphatic carbocycles. The highest BCUT2D eigenvalue weighted by Crippen LogP contribution is 2.34. The van der Waals surface area contributed by atoms with Gasteiger partial charge in [-0.3, -0.25) is 4.79 Å². The van der Waals surface area contributed by atoms with Gasteiger partial charge in [0.05, 0.1) is 0 Å². The minimum atomic E-state index is 0.0125. The molecule has 3 fully saturated rings. The number of carbonyl (C=O) groups excluding carboxylic acids is 2. The fourth-order valence-electron chi connectivity index (χ4n) is 3.73. The van der Waals surface area contributed by atoms with Crippen LogP contribution in [0, 0.1) is 5.92 Å². The Bertz CT molecular complexity index is 635. The Kier molecular flexibility index (Phi) is 4.88. The van der Waals surface area contributed by atoms with Gasteiger partial charge < -0.3 is 15.1 Å². The molecule has 1 N–H and O–H groups in total. The van der Waals surface area contributed by atoms with Crippen LogP contribution in [0.3, 0.4) is 0 Å². The van der Waals surface area contributed by atoms with Crippen molar-refractivity contribution in [2.45, 2.75) is 30.6 Å². The quantitative estimate of drug-likeness (QED) is 0.899. The molecule has 2 atom stereocenters. The summed E-state index contributed by atoms with van der Waals surface area (Å²) in [4.78, 5) is 28.5. The summed E-state index contributed by atoms with van der Waals surface area (Å²) >= 11 is 1.92. The molecule has 1 saturated carbocycles. The van der Waals surface area contributed by atoms with Crippen molar-refractivity contribution in [3.05, 3.63) is 35.9 Å². The van der Waals surface area contributed by atoms with Crippen LogP contribution in [0.5, 0.6) is 0 Å². The third kappa shape index (κ3) is 3.94. The summed E-state index contributed by atoms with van der Waals surface area (Å²) in [6.45, 7) is 2.95. The SMILES string of the molecule is O=C(NCC1CC(=O)N(C2CC2)C1)N1CCSC(c2ccccc2)C1. The molecular formula is C19H25N3O2S. The van der Waals surface area contributed by atoms with E-state index < -0.39 is 0 Å². The minimum absolute atomic E-state index is 0.0125. The zero-order valence-corrected chi connectivity index (χ0v) is 15.2. The second-order valence-electron chi connectivity index (χ2n) is 7.25. The summed E-state index contributed by atoms with van der Waals surface area (Å²) in [6.07, 6.45) is 2.88. The Hall–Kier alpha value is -1.69. The number of rotatable bonds is 4. The molecule has 4 rings (SSSR count). The van der Waals surface area contributed by atoms with Gasteiger partial charge in [0.15, 0.2) is 0 Å². The number of hydrogen-bond acceptors (Lipinski definition) is 3. The molecule has 3 aliphatic rings. The van der Waals surface area contributed by atoms with Gasteiger partial charge in [0.25, 0.3) is 0 Å². The summed E-state index contributed by atoms with van der Waals surface area (Å²) < 4.78 is 0. The minimum Gasteiger partial charge on any atom is -0.339 e. The number of thioether (sulfide) groups is 1. The summed E-state index contributed by atoms with van der Waals surface area (Å²) in [5.41, 5.74) is 1.28. The fraction of sp³-hybridized carbons (Fsp3) is 0.579. The maximum Gasteiger partial charge on any atom is 0.317 e. The van der Waals surface area contributed by atoms with Gasteiger partial charge >= 0.3 is 6.03 Å². The number of carbonyl (C=O) groups is 2. The van der Waals surface area contributed by atoms with E-state index in [1.807, 2.05) is 27.6 Å². The first-order valence-electron chi connectivity index (χ1n) is 9.19. The first kappa shape index (κ1) is 16.8. The molecular weight excluding hydrogens is 334 g/mol. The zero-order valence-electron chi connectivity index (χ0n) is 14.4. The van der Waals surface area contributed by atoms with Crippen molar-refractivity contribution in [1.82, 2.24) is 15.1 Å². The van der Waals surface area contributed by atoms with Gasteiger partial charge in [-0.1, -0.05) is 30.3 Å². The van der Waals surface area contributed by atoms with E-state index >= 15 is 0 Å². The normalized spacial score (nSPS) is 26.8. The highest BCUT2D eigenvalue weighted by molar-refractivity contribution is 7.99. The van der Waals surface area contributed by atoms with Gasteiger partial charge in [-0.15, -0.1) is 0 Å². The first-order chi connectivity index (χ1) is 12.2. The molecule has 134 valence electrons. The lowest BCUT2D eigenvalue weighted by atomic mass is 10.1. The van der Waals surface area contributed by atoms with E-state index in [9.17, 15) is 9.59 Å². The molecule has 5 nitrogen and oxygen atoms in total. The number of amides is 3. The lowest BCUT2D eigenvalue weighted by molar-refractivity contribution is -0.128. The lowest BCUT2D eigenvalue weighted by Gasteiger charge is -2.33. The van der Waals surface area contributed by atoms with Crippen LogP contribution in [0.2, 0.25) is 0 Å². The summed E-state index contributed by atoms with van der Waals surface area (Å²) in [5, 5.41) is 3.41. The molecule has 3 amide bonds. The highest BCUT2D eigenvalue weighted by Gasteiger charge is 2.39. The van der Waals surface area contributed by atoms with Crippen molar-refractivity contribution in [1.29, 1.82) is 0 Å². The molecule has 0 radical (unpaired) electrons. The average molecular weight is 359 g/mol. The third-order valence-electron chi connectivity index (χ3n) is 5.29. The number of likely N-dealkylation sites (tertiary alicyclic amines) is 1. The van der Waals surface area contributed by atoms with Crippen molar-refractivity contribution < 1.29 is 9.59 Å². The summed E-state index contributed by atoms with van der Waals surface area (Å²) in [6, 6.07) is 10.9. The van der Waals surface area contributed by atoms with E-state index in [-0.39, 0.29) is 17.9 Å². The van der Waals surface area contributed by atoms with Gasteiger partial charge in [0.2, 0.25) is 5.91 Å². The number of nitrogens with one attached hydrogen (secondary N) is 1. The number of benzene rings is 1. The Morgan fingerprint density at radius 1 is 1.20 bits per heavy atom. The van der Waals surface area contributed by atoms with Crippen molar-refractivity contribution in [2.24, 2.45) is 5.92 Å². The smallest absolute Gasteiger partial charge is 0.317 e. The van der Waals surface area contributed by atoms with E-state index in [2.05, 4.69) is 29.6 Å². The first-order valence-corrected chi connectivity index (χ1v) is 10.2. The van der Waals surface area contributed by atoms with E-state index in [4.69, 9.17) is 0 Å². The second kappa shape index (κ2) is 7.28. The molecule has 1 aromatic carbocycles. The predicted octanol–water partition coefficient (Wildman–Crippen LogP) is 2.50. The van der Waals surface area contributed by atoms with Gasteiger partial charge in [-0.25, -0.2) is 4.79 Å². The predicted molar refractivity (Wildman–Crippen MR) is 99.5 cm³/mol. The van der Waals surface area contributed by atoms with Crippen LogP contribution in [-0.2, 0) is 4.79 Å². The molecule has 6 heteroatoms. The highest BCUT2D eigenvalue weighted by atomic mass is 32.2. The molecule has 2 heterocycles. The topological polar surface area (TPSA) is 52.7 Å². The Balaban J connectivity index is 1.27. The molecule has 2 unspecified atom stereocenters. The van der Waals surface area contributed by atoms with Crippen LogP contribution >= 0.6 is 11.8 Å². The monoisotopic (exact) mass is 359 g/mol. The summed E-state index contributed by atoms with van der Waals surface area (Å²) in [7, 11) is 0. The lowest BCUT2D eigenvalue weighted by Crippen LogP contribution is -2.46. The van der Waals surface area contributed by atoms with Gasteiger partial charge in [-0.2, -0.15) is 11.8 Å². The zero-order chi connectivity index (χ0) is 17.2. The largest absolute Gasteiger partial charge is 0.339 e. The Morgan fingerprint density at radius 3 is 2.76 bits per heavy atom. The maximum absolute atomic E-state index is 12.5. The maximum atomic E-state index is 12.5. The number of nitrogens with zero attached hydrogens (tertiary/aromatic N) is 2. The van der Waals surface area contributed by atoms with Crippen LogP contribution in [0.25, 0.3) is 0 Å². The standard InChI is InChI=1S/C19H25N3O2S/c23-18-10-14(12-22(18)16-6-7-16)11-20-19(24)21-8-9-25-17(13-21)15-4-2-1-3-5-15/h1-5,14,16-17H,6-13H2,(H,20,24). The van der Waals surface area contributed by atoms with Crippen molar-refractivity contribution in [3.8, 4) is 0 Å². The van der Waals surface area contributed by atoms with Crippen LogP contribution in [0.1, 0.15) is 30.1 Å². The van der Waals surface area contributed by atoms with Crippen molar-refractivity contribution >= 4 is 23.7 Å². The molecule has 25 heavy (non-hydrogen) atoms. The molecule has 2 aliphatic heterocycles. The molecule has 0 spiro atoms. The molecule has 0 aromatic heterocycles. The van der Waals surface area contributed by atoms with Gasteiger partial charge in [0.1, 0.15) is 0 Å². The number of hydrogen-bond donors (Lipinski definition) is 1. The van der Waals surface area contributed by atoms with Crippen molar-refractivity contribution in [2.75, 3.05) is 31.9 Å². The summed E-state index contributed by atoms with van der Waals surface area (Å²) in [5.74, 6) is 1.49. The Labute approximate surface area is 153 Å². The van der Waals surface area contributed by atoms with Crippen LogP contribution in [0.15, 0.2) is 30.3 Å². The second-order valence-corrected chi connectivity index (χ2v) is 8.56. The molecule has 1 aromatic rings. The molecule has 0 bridgehead atoms. The van der Waals surface area contributed by atoms with E-state index in [0.29, 0.717) is 24.3 Å². The van der Waals surface area contributed by atoms with Crippen LogP contribution in [0.4, 0.5) is 4.79 Å². The van der Waals surface area contributed by atoms with E-state index in [1.54, 1.807) is 0 Å². The Morgan fingerprint density at radius 2 is 2.00 bits per heavy atom. The molecule has 2 saturated heterocycles. The van der Waals surface area contributed by atoms with Gasteiger partial charge in [-0.05, 0) is 18.4 Å². The van der Waals surface area contributed by atoms with Crippen LogP contribution in [-0.4, -0.2) is 59.7 Å². The third-order valence-corrected chi connectivity index (χ3v) is 6.54. The fourth-order valence-corrected chi connectivity index (χ4v) is 4.98. The van der Waals surface area contributed by atoms with E-state index in [1.165, 1.54) is 5.56 Å². The number of urea groups is 1. The van der Waals surface area contributed by atoms with E-state index in [0.717, 1.165) is 38.2 Å². The average Bonchev–Trinajstić information content (AvgIpc) is 3.43. The van der Waals surface area contributed by atoms with Gasteiger partial charge in [0, 0.05) is 55.6 Å².